The third kappa shape index (κ3) is 1.10. The zero-order valence-electron chi connectivity index (χ0n) is 6.55. The Bertz CT molecular complexity index is 257. The predicted octanol–water partition coefficient (Wildman–Crippen LogP) is 0.524. The first-order valence-corrected chi connectivity index (χ1v) is 3.98. The fourth-order valence-electron chi connectivity index (χ4n) is 1.06. The fraction of sp³-hybridized carbons (Fsp3) is 0.429. The maximum absolute atomic E-state index is 11.2. The Balaban J connectivity index is 3.08. The summed E-state index contributed by atoms with van der Waals surface area (Å²) in [7, 11) is 3.81. The van der Waals surface area contributed by atoms with Gasteiger partial charge >= 0.3 is 0 Å². The molecule has 0 saturated carbocycles. The molecule has 0 spiro atoms. The van der Waals surface area contributed by atoms with Crippen LogP contribution < -0.4 is 0 Å². The van der Waals surface area contributed by atoms with Crippen molar-refractivity contribution in [3.63, 3.8) is 0 Å². The first-order chi connectivity index (χ1) is 5.09. The molecule has 3 nitrogen and oxygen atoms in total. The molecule has 1 heterocycles. The number of nitrogens with zero attached hydrogens (tertiary/aromatic N) is 1. The zero-order valence-corrected chi connectivity index (χ0v) is 7.70. The summed E-state index contributed by atoms with van der Waals surface area (Å²) in [6.07, 6.45) is 0.619. The van der Waals surface area contributed by atoms with Crippen LogP contribution in [-0.4, -0.2) is 23.8 Å². The Morgan fingerprint density at radius 2 is 1.91 bits per heavy atom. The number of amides is 2. The molecule has 1 aliphatic heterocycles. The van der Waals surface area contributed by atoms with Crippen LogP contribution in [0.5, 0.6) is 0 Å². The van der Waals surface area contributed by atoms with E-state index in [-0.39, 0.29) is 11.8 Å². The second kappa shape index (κ2) is 2.74. The molecule has 0 aromatic rings. The van der Waals surface area contributed by atoms with E-state index >= 15 is 0 Å². The van der Waals surface area contributed by atoms with Gasteiger partial charge < -0.3 is 0 Å². The summed E-state index contributed by atoms with van der Waals surface area (Å²) >= 11 is 0. The van der Waals surface area contributed by atoms with Crippen molar-refractivity contribution < 1.29 is 9.59 Å². The minimum atomic E-state index is -0.197. The zero-order chi connectivity index (χ0) is 8.59. The highest BCUT2D eigenvalue weighted by molar-refractivity contribution is 7.25. The number of likely N-dealkylation sites (N-methyl/N-ethyl adjacent to an activating group) is 1. The Morgan fingerprint density at radius 1 is 1.36 bits per heavy atom. The average Bonchev–Trinajstić information content (AvgIpc) is 2.17. The lowest BCUT2D eigenvalue weighted by atomic mass is 10.2. The molecule has 4 heteroatoms. The number of hydrogen-bond donors (Lipinski definition) is 0. The molecule has 0 fully saturated rings. The molecule has 0 bridgehead atoms. The monoisotopic (exact) mass is 171 g/mol. The molecular formula is C7H10NO2P. The van der Waals surface area contributed by atoms with Gasteiger partial charge in [-0.1, -0.05) is 16.2 Å². The molecule has 0 saturated heterocycles. The van der Waals surface area contributed by atoms with Gasteiger partial charge in [-0.3, -0.25) is 14.5 Å². The van der Waals surface area contributed by atoms with E-state index in [0.29, 0.717) is 17.3 Å². The Hall–Kier alpha value is -0.690. The molecule has 11 heavy (non-hydrogen) atoms. The van der Waals surface area contributed by atoms with Crippen molar-refractivity contribution in [1.29, 1.82) is 0 Å². The van der Waals surface area contributed by atoms with E-state index in [1.54, 1.807) is 0 Å². The van der Waals surface area contributed by atoms with Crippen molar-refractivity contribution in [1.82, 2.24) is 4.90 Å². The molecule has 0 aromatic heterocycles. The van der Waals surface area contributed by atoms with Gasteiger partial charge in [-0.15, -0.1) is 0 Å². The largest absolute Gasteiger partial charge is 0.278 e. The molecule has 0 radical (unpaired) electrons. The number of hydrogen-bond acceptors (Lipinski definition) is 2. The lowest BCUT2D eigenvalue weighted by Gasteiger charge is -2.04. The fourth-order valence-corrected chi connectivity index (χ4v) is 1.58. The maximum Gasteiger partial charge on any atom is 0.260 e. The van der Waals surface area contributed by atoms with Gasteiger partial charge in [0.15, 0.2) is 0 Å². The van der Waals surface area contributed by atoms with E-state index in [9.17, 15) is 9.59 Å². The summed E-state index contributed by atoms with van der Waals surface area (Å²) in [5.74, 6) is -0.362. The summed E-state index contributed by atoms with van der Waals surface area (Å²) in [5.41, 5.74) is 0.613. The lowest BCUT2D eigenvalue weighted by Crippen LogP contribution is -2.26. The quantitative estimate of drug-likeness (QED) is 0.426. The molecule has 0 aromatic carbocycles. The highest BCUT2D eigenvalue weighted by atomic mass is 31.0. The van der Waals surface area contributed by atoms with E-state index in [4.69, 9.17) is 0 Å². The van der Waals surface area contributed by atoms with Crippen LogP contribution in [0.3, 0.4) is 0 Å². The molecule has 1 unspecified atom stereocenters. The summed E-state index contributed by atoms with van der Waals surface area (Å²) in [6.45, 7) is 1.86. The van der Waals surface area contributed by atoms with Crippen LogP contribution in [0.15, 0.2) is 10.9 Å². The van der Waals surface area contributed by atoms with Crippen LogP contribution in [0.4, 0.5) is 0 Å². The number of rotatable bonds is 1. The van der Waals surface area contributed by atoms with Gasteiger partial charge in [0.25, 0.3) is 11.8 Å². The van der Waals surface area contributed by atoms with Gasteiger partial charge in [0.1, 0.15) is 0 Å². The summed E-state index contributed by atoms with van der Waals surface area (Å²) < 4.78 is 0. The molecule has 2 amide bonds. The van der Waals surface area contributed by atoms with Gasteiger partial charge in [0.05, 0.1) is 0 Å². The van der Waals surface area contributed by atoms with Crippen LogP contribution in [-0.2, 0) is 9.59 Å². The van der Waals surface area contributed by atoms with Crippen LogP contribution in [0.2, 0.25) is 0 Å². The third-order valence-corrected chi connectivity index (χ3v) is 2.37. The van der Waals surface area contributed by atoms with Crippen LogP contribution >= 0.6 is 9.24 Å². The minimum Gasteiger partial charge on any atom is -0.278 e. The Kier molecular flexibility index (Phi) is 2.10. The summed E-state index contributed by atoms with van der Waals surface area (Å²) in [5, 5.41) is 0.514. The van der Waals surface area contributed by atoms with Crippen LogP contribution in [0.1, 0.15) is 13.3 Å². The van der Waals surface area contributed by atoms with Crippen molar-refractivity contribution in [2.45, 2.75) is 13.3 Å². The highest BCUT2D eigenvalue weighted by Crippen LogP contribution is 2.25. The SMILES string of the molecule is CCC1=C(P)C(=O)N(C)C1=O. The van der Waals surface area contributed by atoms with Gasteiger partial charge in [0, 0.05) is 17.9 Å². The highest BCUT2D eigenvalue weighted by Gasteiger charge is 2.31. The molecule has 0 N–H and O–H groups in total. The molecule has 1 rings (SSSR count). The van der Waals surface area contributed by atoms with Gasteiger partial charge in [0.2, 0.25) is 0 Å². The van der Waals surface area contributed by atoms with E-state index < -0.39 is 0 Å². The lowest BCUT2D eigenvalue weighted by molar-refractivity contribution is -0.135. The van der Waals surface area contributed by atoms with Gasteiger partial charge in [-0.2, -0.15) is 0 Å². The van der Waals surface area contributed by atoms with E-state index in [1.807, 2.05) is 6.92 Å². The van der Waals surface area contributed by atoms with E-state index in [2.05, 4.69) is 9.24 Å². The molecule has 1 aliphatic rings. The minimum absolute atomic E-state index is 0.164. The van der Waals surface area contributed by atoms with Crippen LogP contribution in [0, 0.1) is 0 Å². The second-order valence-corrected chi connectivity index (χ2v) is 2.99. The number of carbonyl (C=O) groups is 2. The topological polar surface area (TPSA) is 37.4 Å². The predicted molar refractivity (Wildman–Crippen MR) is 44.8 cm³/mol. The Labute approximate surface area is 67.6 Å². The summed E-state index contributed by atoms with van der Waals surface area (Å²) in [4.78, 5) is 23.4. The molecule has 0 aliphatic carbocycles. The number of imide groups is 1. The number of carbonyl (C=O) groups excluding carboxylic acids is 2. The Morgan fingerprint density at radius 3 is 2.09 bits per heavy atom. The smallest absolute Gasteiger partial charge is 0.260 e. The molecular weight excluding hydrogens is 161 g/mol. The standard InChI is InChI=1S/C7H10NO2P/c1-3-4-5(11)7(10)8(2)6(4)9/h3,11H2,1-2H3. The summed E-state index contributed by atoms with van der Waals surface area (Å²) in [6, 6.07) is 0. The molecule has 1 atom stereocenters. The second-order valence-electron chi connectivity index (χ2n) is 2.42. The first-order valence-electron chi connectivity index (χ1n) is 3.40. The van der Waals surface area contributed by atoms with Crippen molar-refractivity contribution in [3.05, 3.63) is 10.9 Å². The maximum atomic E-state index is 11.2. The molecule has 60 valence electrons. The first kappa shape index (κ1) is 8.41. The average molecular weight is 171 g/mol. The van der Waals surface area contributed by atoms with Crippen molar-refractivity contribution >= 4 is 21.1 Å². The van der Waals surface area contributed by atoms with E-state index in [0.717, 1.165) is 4.90 Å². The van der Waals surface area contributed by atoms with E-state index in [1.165, 1.54) is 7.05 Å². The van der Waals surface area contributed by atoms with Crippen molar-refractivity contribution in [2.75, 3.05) is 7.05 Å². The van der Waals surface area contributed by atoms with Crippen LogP contribution in [0.25, 0.3) is 0 Å². The van der Waals surface area contributed by atoms with Crippen molar-refractivity contribution in [3.8, 4) is 0 Å². The van der Waals surface area contributed by atoms with Gasteiger partial charge in [-0.05, 0) is 6.42 Å². The third-order valence-electron chi connectivity index (χ3n) is 1.78. The van der Waals surface area contributed by atoms with Crippen molar-refractivity contribution in [2.24, 2.45) is 0 Å². The normalized spacial score (nSPS) is 18.6. The van der Waals surface area contributed by atoms with Gasteiger partial charge in [-0.25, -0.2) is 0 Å².